The maximum Gasteiger partial charge on any atom is 0.308 e. The lowest BCUT2D eigenvalue weighted by molar-refractivity contribution is -0.187. The van der Waals surface area contributed by atoms with Crippen molar-refractivity contribution >= 4 is 11.9 Å². The molecule has 0 saturated heterocycles. The minimum absolute atomic E-state index is 0.271. The molecule has 0 aliphatic rings. The quantitative estimate of drug-likeness (QED) is 0.0350. The van der Waals surface area contributed by atoms with Crippen LogP contribution in [0.15, 0.2) is 24.3 Å². The van der Waals surface area contributed by atoms with Gasteiger partial charge in [-0.2, -0.15) is 0 Å². The first-order valence-corrected chi connectivity index (χ1v) is 17.7. The van der Waals surface area contributed by atoms with Crippen LogP contribution in [0.1, 0.15) is 168 Å². The standard InChI is InChI=1S/C36H68N2O4/c1-3-5-7-9-11-13-15-17-19-21-23-25-27-29-34(39)41-36(33-38-32-31-37)42-35(40)30-28-26-24-22-20-18-16-14-12-10-8-6-4-2/h13-16,36,38H,3-12,17-33,37H2,1-2H3/b15-13-,16-14-. The summed E-state index contributed by atoms with van der Waals surface area (Å²) in [6.07, 6.45) is 35.1. The molecule has 6 nitrogen and oxygen atoms in total. The van der Waals surface area contributed by atoms with Crippen LogP contribution in [-0.4, -0.2) is 37.9 Å². The molecule has 0 aliphatic carbocycles. The van der Waals surface area contributed by atoms with Crippen molar-refractivity contribution in [1.82, 2.24) is 5.32 Å². The summed E-state index contributed by atoms with van der Waals surface area (Å²) >= 11 is 0. The molecule has 0 spiro atoms. The summed E-state index contributed by atoms with van der Waals surface area (Å²) in [6, 6.07) is 0. The molecule has 0 aliphatic heterocycles. The van der Waals surface area contributed by atoms with E-state index in [1.165, 1.54) is 89.9 Å². The third-order valence-corrected chi connectivity index (χ3v) is 7.44. The molecule has 246 valence electrons. The molecule has 0 atom stereocenters. The summed E-state index contributed by atoms with van der Waals surface area (Å²) in [7, 11) is 0. The molecule has 0 heterocycles. The second-order valence-corrected chi connectivity index (χ2v) is 11.7. The van der Waals surface area contributed by atoms with Gasteiger partial charge in [-0.05, 0) is 64.2 Å². The van der Waals surface area contributed by atoms with E-state index in [9.17, 15) is 9.59 Å². The third kappa shape index (κ3) is 31.3. The van der Waals surface area contributed by atoms with Gasteiger partial charge in [0.15, 0.2) is 0 Å². The molecule has 0 saturated carbocycles. The number of nitrogens with one attached hydrogen (secondary N) is 1. The van der Waals surface area contributed by atoms with Crippen LogP contribution in [-0.2, 0) is 19.1 Å². The van der Waals surface area contributed by atoms with E-state index in [4.69, 9.17) is 15.2 Å². The highest BCUT2D eigenvalue weighted by atomic mass is 16.7. The van der Waals surface area contributed by atoms with Crippen molar-refractivity contribution in [2.24, 2.45) is 5.73 Å². The van der Waals surface area contributed by atoms with Crippen LogP contribution in [0.2, 0.25) is 0 Å². The lowest BCUT2D eigenvalue weighted by Gasteiger charge is -2.19. The van der Waals surface area contributed by atoms with Crippen molar-refractivity contribution in [2.45, 2.75) is 174 Å². The van der Waals surface area contributed by atoms with Crippen molar-refractivity contribution < 1.29 is 19.1 Å². The zero-order valence-electron chi connectivity index (χ0n) is 27.7. The zero-order valence-corrected chi connectivity index (χ0v) is 27.7. The Bertz CT molecular complexity index is 600. The number of esters is 2. The molecule has 0 amide bonds. The Balaban J connectivity index is 3.92. The first kappa shape index (κ1) is 40.3. The maximum atomic E-state index is 12.4. The number of carbonyl (C=O) groups is 2. The van der Waals surface area contributed by atoms with Crippen molar-refractivity contribution in [2.75, 3.05) is 19.6 Å². The van der Waals surface area contributed by atoms with E-state index < -0.39 is 6.29 Å². The Kier molecular flexibility index (Phi) is 32.5. The molecule has 3 N–H and O–H groups in total. The van der Waals surface area contributed by atoms with Gasteiger partial charge in [0.1, 0.15) is 0 Å². The monoisotopic (exact) mass is 593 g/mol. The number of carbonyl (C=O) groups excluding carboxylic acids is 2. The van der Waals surface area contributed by atoms with Gasteiger partial charge in [-0.15, -0.1) is 0 Å². The highest BCUT2D eigenvalue weighted by Gasteiger charge is 2.18. The Labute approximate surface area is 260 Å². The fraction of sp³-hybridized carbons (Fsp3) is 0.833. The van der Waals surface area contributed by atoms with E-state index in [0.29, 0.717) is 25.9 Å². The van der Waals surface area contributed by atoms with Gasteiger partial charge in [-0.3, -0.25) is 9.59 Å². The summed E-state index contributed by atoms with van der Waals surface area (Å²) in [5.74, 6) is -0.605. The Hall–Kier alpha value is -1.66. The first-order valence-electron chi connectivity index (χ1n) is 17.7. The molecule has 0 bridgehead atoms. The molecule has 6 heteroatoms. The van der Waals surface area contributed by atoms with Crippen LogP contribution in [0.5, 0.6) is 0 Å². The summed E-state index contributed by atoms with van der Waals surface area (Å²) in [6.45, 7) is 5.81. The minimum atomic E-state index is -0.890. The number of allylic oxidation sites excluding steroid dienone is 4. The van der Waals surface area contributed by atoms with Gasteiger partial charge in [-0.25, -0.2) is 0 Å². The second kappa shape index (κ2) is 33.8. The molecule has 0 radical (unpaired) electrons. The van der Waals surface area contributed by atoms with Crippen LogP contribution in [0, 0.1) is 0 Å². The molecule has 0 aromatic rings. The number of nitrogens with two attached hydrogens (primary N) is 1. The molecular formula is C36H68N2O4. The molecule has 0 fully saturated rings. The van der Waals surface area contributed by atoms with E-state index >= 15 is 0 Å². The Morgan fingerprint density at radius 3 is 1.31 bits per heavy atom. The average Bonchev–Trinajstić information content (AvgIpc) is 2.98. The highest BCUT2D eigenvalue weighted by Crippen LogP contribution is 2.12. The lowest BCUT2D eigenvalue weighted by atomic mass is 10.1. The van der Waals surface area contributed by atoms with E-state index in [1.54, 1.807) is 0 Å². The van der Waals surface area contributed by atoms with E-state index in [0.717, 1.165) is 51.4 Å². The summed E-state index contributed by atoms with van der Waals surface area (Å²) in [5, 5.41) is 3.09. The summed E-state index contributed by atoms with van der Waals surface area (Å²) in [5.41, 5.74) is 5.56. The fourth-order valence-corrected chi connectivity index (χ4v) is 4.81. The topological polar surface area (TPSA) is 90.7 Å². The van der Waals surface area contributed by atoms with Crippen LogP contribution >= 0.6 is 0 Å². The predicted octanol–water partition coefficient (Wildman–Crippen LogP) is 9.46. The smallest absolute Gasteiger partial charge is 0.308 e. The van der Waals surface area contributed by atoms with E-state index in [2.05, 4.69) is 43.5 Å². The SMILES string of the molecule is CCCCCC/C=C\CCCCCCCC(=O)OC(CNCCN)OC(=O)CCCCCCC/C=C\CCCCCC. The number of hydrogen-bond acceptors (Lipinski definition) is 6. The van der Waals surface area contributed by atoms with Gasteiger partial charge in [0.25, 0.3) is 6.29 Å². The molecule has 42 heavy (non-hydrogen) atoms. The van der Waals surface area contributed by atoms with Crippen molar-refractivity contribution in [3.05, 3.63) is 24.3 Å². The van der Waals surface area contributed by atoms with Crippen molar-refractivity contribution in [1.29, 1.82) is 0 Å². The van der Waals surface area contributed by atoms with Gasteiger partial charge in [0, 0.05) is 25.9 Å². The average molecular weight is 593 g/mol. The number of unbranched alkanes of at least 4 members (excludes halogenated alkanes) is 18. The molecule has 0 rings (SSSR count). The Morgan fingerprint density at radius 2 is 0.929 bits per heavy atom. The maximum absolute atomic E-state index is 12.4. The number of hydrogen-bond donors (Lipinski definition) is 2. The van der Waals surface area contributed by atoms with Gasteiger partial charge in [0.05, 0.1) is 6.54 Å². The third-order valence-electron chi connectivity index (χ3n) is 7.44. The highest BCUT2D eigenvalue weighted by molar-refractivity contribution is 5.71. The first-order chi connectivity index (χ1) is 20.6. The van der Waals surface area contributed by atoms with Gasteiger partial charge in [-0.1, -0.05) is 115 Å². The molecule has 0 aromatic heterocycles. The van der Waals surface area contributed by atoms with Gasteiger partial charge >= 0.3 is 11.9 Å². The van der Waals surface area contributed by atoms with Crippen LogP contribution in [0.3, 0.4) is 0 Å². The molecule has 0 unspecified atom stereocenters. The minimum Gasteiger partial charge on any atom is -0.424 e. The van der Waals surface area contributed by atoms with Crippen molar-refractivity contribution in [3.63, 3.8) is 0 Å². The van der Waals surface area contributed by atoms with E-state index in [1.807, 2.05) is 0 Å². The molecule has 0 aromatic carbocycles. The number of rotatable bonds is 32. The fourth-order valence-electron chi connectivity index (χ4n) is 4.81. The van der Waals surface area contributed by atoms with Crippen molar-refractivity contribution in [3.8, 4) is 0 Å². The number of ether oxygens (including phenoxy) is 2. The van der Waals surface area contributed by atoms with Crippen LogP contribution < -0.4 is 11.1 Å². The van der Waals surface area contributed by atoms with E-state index in [-0.39, 0.29) is 18.5 Å². The summed E-state index contributed by atoms with van der Waals surface area (Å²) in [4.78, 5) is 24.7. The molecular weight excluding hydrogens is 524 g/mol. The van der Waals surface area contributed by atoms with Gasteiger partial charge < -0.3 is 20.5 Å². The second-order valence-electron chi connectivity index (χ2n) is 11.7. The normalized spacial score (nSPS) is 11.7. The summed E-state index contributed by atoms with van der Waals surface area (Å²) < 4.78 is 11.0. The Morgan fingerprint density at radius 1 is 0.571 bits per heavy atom. The lowest BCUT2D eigenvalue weighted by Crippen LogP contribution is -2.36. The zero-order chi connectivity index (χ0) is 30.8. The van der Waals surface area contributed by atoms with Crippen LogP contribution in [0.25, 0.3) is 0 Å². The van der Waals surface area contributed by atoms with Gasteiger partial charge in [0.2, 0.25) is 0 Å². The largest absolute Gasteiger partial charge is 0.424 e. The predicted molar refractivity (Wildman–Crippen MR) is 178 cm³/mol. The van der Waals surface area contributed by atoms with Crippen LogP contribution in [0.4, 0.5) is 0 Å².